The molecule has 4 nitrogen and oxygen atoms in total. The molecular formula is C18H22Cl2NNaO3. The van der Waals surface area contributed by atoms with Crippen LogP contribution in [0.1, 0.15) is 38.5 Å². The van der Waals surface area contributed by atoms with Crippen molar-refractivity contribution in [1.29, 1.82) is 0 Å². The molecule has 0 unspecified atom stereocenters. The first-order valence-corrected chi connectivity index (χ1v) is 9.35. The van der Waals surface area contributed by atoms with Gasteiger partial charge in [0.15, 0.2) is 0 Å². The van der Waals surface area contributed by atoms with Crippen LogP contribution in [-0.4, -0.2) is 36.1 Å². The van der Waals surface area contributed by atoms with Crippen LogP contribution in [0, 0.1) is 5.92 Å². The zero-order chi connectivity index (χ0) is 17.1. The molecule has 3 rings (SSSR count). The number of aliphatic carboxylic acids is 1. The average Bonchev–Trinajstić information content (AvgIpc) is 2.59. The number of nitrogens with zero attached hydrogens (tertiary/aromatic N) is 1. The van der Waals surface area contributed by atoms with E-state index in [4.69, 9.17) is 27.9 Å². The first kappa shape index (κ1) is 21.3. The fourth-order valence-electron chi connectivity index (χ4n) is 3.78. The smallest absolute Gasteiger partial charge is 0.550 e. The summed E-state index contributed by atoms with van der Waals surface area (Å²) in [6.45, 7) is 1.99. The molecule has 1 saturated carbocycles. The number of ether oxygens (including phenoxy) is 1. The predicted octanol–water partition coefficient (Wildman–Crippen LogP) is 0.149. The fraction of sp³-hybridized carbons (Fsp3) is 0.611. The molecule has 0 radical (unpaired) electrons. The molecule has 0 amide bonds. The maximum Gasteiger partial charge on any atom is 1.00 e. The maximum absolute atomic E-state index is 10.9. The van der Waals surface area contributed by atoms with Gasteiger partial charge in [0.25, 0.3) is 0 Å². The number of hydrogen-bond acceptors (Lipinski definition) is 4. The molecule has 132 valence electrons. The molecule has 1 heterocycles. The Balaban J connectivity index is 0.00000225. The second-order valence-corrected chi connectivity index (χ2v) is 7.57. The number of carbonyl (C=O) groups is 1. The van der Waals surface area contributed by atoms with Gasteiger partial charge in [0.1, 0.15) is 11.9 Å². The van der Waals surface area contributed by atoms with Crippen molar-refractivity contribution in [2.75, 3.05) is 13.1 Å². The Labute approximate surface area is 181 Å². The van der Waals surface area contributed by atoms with Gasteiger partial charge in [-0.25, -0.2) is 0 Å². The number of carbonyl (C=O) groups excluding carboxylic acids is 1. The summed E-state index contributed by atoms with van der Waals surface area (Å²) in [4.78, 5) is 13.4. The molecule has 0 aromatic heterocycles. The Kier molecular flexibility index (Phi) is 8.38. The summed E-state index contributed by atoms with van der Waals surface area (Å²) >= 11 is 11.9. The van der Waals surface area contributed by atoms with Crippen LogP contribution < -0.4 is 39.4 Å². The van der Waals surface area contributed by atoms with Gasteiger partial charge in [0.2, 0.25) is 0 Å². The molecule has 0 bridgehead atoms. The second-order valence-electron chi connectivity index (χ2n) is 6.75. The molecule has 1 saturated heterocycles. The summed E-state index contributed by atoms with van der Waals surface area (Å²) in [6.07, 6.45) is 5.53. The first-order valence-electron chi connectivity index (χ1n) is 8.59. The Morgan fingerprint density at radius 2 is 1.68 bits per heavy atom. The number of benzene rings is 1. The second kappa shape index (κ2) is 9.82. The molecule has 1 aromatic carbocycles. The van der Waals surface area contributed by atoms with Gasteiger partial charge < -0.3 is 19.5 Å². The Morgan fingerprint density at radius 3 is 2.24 bits per heavy atom. The van der Waals surface area contributed by atoms with Crippen molar-refractivity contribution in [1.82, 2.24) is 4.90 Å². The molecule has 25 heavy (non-hydrogen) atoms. The molecule has 2 aliphatic rings. The zero-order valence-corrected chi connectivity index (χ0v) is 18.1. The van der Waals surface area contributed by atoms with Gasteiger partial charge in [-0.05, 0) is 56.6 Å². The topological polar surface area (TPSA) is 52.6 Å². The van der Waals surface area contributed by atoms with Crippen molar-refractivity contribution < 1.29 is 44.2 Å². The largest absolute Gasteiger partial charge is 1.00 e. The number of halogens is 2. The van der Waals surface area contributed by atoms with E-state index in [1.165, 1.54) is 0 Å². The third-order valence-electron chi connectivity index (χ3n) is 5.22. The number of carboxylic acids is 1. The predicted molar refractivity (Wildman–Crippen MR) is 92.4 cm³/mol. The molecule has 1 aromatic rings. The van der Waals surface area contributed by atoms with E-state index in [-0.39, 0.29) is 41.6 Å². The maximum atomic E-state index is 10.9. The minimum atomic E-state index is -0.887. The summed E-state index contributed by atoms with van der Waals surface area (Å²) in [6, 6.07) is 5.87. The summed E-state index contributed by atoms with van der Waals surface area (Å²) < 4.78 is 6.02. The number of likely N-dealkylation sites (tertiary alicyclic amines) is 1. The molecule has 0 atom stereocenters. The first-order chi connectivity index (χ1) is 11.5. The van der Waals surface area contributed by atoms with Crippen LogP contribution in [-0.2, 0) is 4.79 Å². The van der Waals surface area contributed by atoms with E-state index in [1.807, 2.05) is 6.07 Å². The van der Waals surface area contributed by atoms with Crippen LogP contribution in [0.3, 0.4) is 0 Å². The number of rotatable bonds is 4. The fourth-order valence-corrected chi connectivity index (χ4v) is 4.07. The van der Waals surface area contributed by atoms with Crippen LogP contribution in [0.25, 0.3) is 0 Å². The molecule has 1 aliphatic heterocycles. The number of hydrogen-bond donors (Lipinski definition) is 0. The van der Waals surface area contributed by atoms with E-state index in [0.29, 0.717) is 16.1 Å². The molecular weight excluding hydrogens is 372 g/mol. The van der Waals surface area contributed by atoms with Crippen LogP contribution in [0.5, 0.6) is 5.75 Å². The van der Waals surface area contributed by atoms with E-state index in [9.17, 15) is 9.90 Å². The van der Waals surface area contributed by atoms with Crippen molar-refractivity contribution in [2.24, 2.45) is 5.92 Å². The third-order valence-corrected chi connectivity index (χ3v) is 5.96. The van der Waals surface area contributed by atoms with E-state index in [0.717, 1.165) is 57.4 Å². The summed E-state index contributed by atoms with van der Waals surface area (Å²) in [5.41, 5.74) is 0. The summed E-state index contributed by atoms with van der Waals surface area (Å²) in [5, 5.41) is 12.0. The van der Waals surface area contributed by atoms with Gasteiger partial charge in [0, 0.05) is 31.2 Å². The van der Waals surface area contributed by atoms with Crippen LogP contribution >= 0.6 is 23.2 Å². The Bertz CT molecular complexity index is 586. The van der Waals surface area contributed by atoms with Crippen molar-refractivity contribution in [3.05, 3.63) is 28.2 Å². The number of piperidine rings is 1. The van der Waals surface area contributed by atoms with Crippen LogP contribution in [0.2, 0.25) is 10.0 Å². The van der Waals surface area contributed by atoms with Crippen molar-refractivity contribution in [3.8, 4) is 5.75 Å². The molecule has 1 aliphatic carbocycles. The summed E-state index contributed by atoms with van der Waals surface area (Å²) in [5.74, 6) is -0.378. The van der Waals surface area contributed by atoms with Gasteiger partial charge in [0.05, 0.1) is 10.0 Å². The zero-order valence-electron chi connectivity index (χ0n) is 14.5. The Hall–Kier alpha value is 0.0300. The average molecular weight is 394 g/mol. The third kappa shape index (κ3) is 5.75. The molecule has 0 spiro atoms. The standard InChI is InChI=1S/C18H23Cl2NO3.Na/c19-16-6-5-15(11-17(16)20)24-14-7-9-21(10-8-14)13-3-1-12(2-4-13)18(22)23;/h5-6,11-14H,1-4,7-10H2,(H,22,23);/q;+1/p-1. The van der Waals surface area contributed by atoms with Gasteiger partial charge in [-0.1, -0.05) is 23.2 Å². The summed E-state index contributed by atoms with van der Waals surface area (Å²) in [7, 11) is 0. The molecule has 7 heteroatoms. The number of carboxylic acid groups (broad SMARTS) is 1. The van der Waals surface area contributed by atoms with Crippen molar-refractivity contribution in [2.45, 2.75) is 50.7 Å². The Morgan fingerprint density at radius 1 is 1.04 bits per heavy atom. The van der Waals surface area contributed by atoms with E-state index in [2.05, 4.69) is 4.90 Å². The van der Waals surface area contributed by atoms with Gasteiger partial charge in [-0.15, -0.1) is 0 Å². The molecule has 2 fully saturated rings. The van der Waals surface area contributed by atoms with Crippen LogP contribution in [0.4, 0.5) is 0 Å². The van der Waals surface area contributed by atoms with Gasteiger partial charge in [-0.3, -0.25) is 0 Å². The SMILES string of the molecule is O=C([O-])C1CCC(N2CCC(Oc3ccc(Cl)c(Cl)c3)CC2)CC1.[Na+]. The minimum Gasteiger partial charge on any atom is -0.550 e. The minimum absolute atomic E-state index is 0. The van der Waals surface area contributed by atoms with Crippen molar-refractivity contribution in [3.63, 3.8) is 0 Å². The van der Waals surface area contributed by atoms with Gasteiger partial charge >= 0.3 is 29.6 Å². The monoisotopic (exact) mass is 393 g/mol. The van der Waals surface area contributed by atoms with E-state index < -0.39 is 5.97 Å². The quantitative estimate of drug-likeness (QED) is 0.683. The van der Waals surface area contributed by atoms with Gasteiger partial charge in [-0.2, -0.15) is 0 Å². The van der Waals surface area contributed by atoms with E-state index in [1.54, 1.807) is 12.1 Å². The molecule has 0 N–H and O–H groups in total. The van der Waals surface area contributed by atoms with Crippen molar-refractivity contribution >= 4 is 29.2 Å². The van der Waals surface area contributed by atoms with Crippen LogP contribution in [0.15, 0.2) is 18.2 Å². The van der Waals surface area contributed by atoms with E-state index >= 15 is 0 Å². The normalized spacial score (nSPS) is 25.2.